The molecule has 1 N–H and O–H groups in total. The summed E-state index contributed by atoms with van der Waals surface area (Å²) in [5.41, 5.74) is 0.923. The van der Waals surface area contributed by atoms with Crippen LogP contribution < -0.4 is 5.32 Å². The summed E-state index contributed by atoms with van der Waals surface area (Å²) in [6, 6.07) is 5.04. The zero-order valence-corrected chi connectivity index (χ0v) is 20.3. The molecule has 7 nitrogen and oxygen atoms in total. The van der Waals surface area contributed by atoms with Crippen molar-refractivity contribution in [3.63, 3.8) is 0 Å². The van der Waals surface area contributed by atoms with E-state index in [0.29, 0.717) is 40.3 Å². The number of likely N-dealkylation sites (N-methyl/N-ethyl adjacent to an activating group) is 1. The van der Waals surface area contributed by atoms with Crippen LogP contribution in [0.1, 0.15) is 49.5 Å². The lowest BCUT2D eigenvalue weighted by atomic mass is 10.1. The zero-order chi connectivity index (χ0) is 23.4. The van der Waals surface area contributed by atoms with Crippen molar-refractivity contribution in [3.05, 3.63) is 58.1 Å². The number of anilines is 1. The van der Waals surface area contributed by atoms with E-state index in [1.54, 1.807) is 35.4 Å². The van der Waals surface area contributed by atoms with E-state index in [2.05, 4.69) is 29.0 Å². The monoisotopic (exact) mass is 477 g/mol. The van der Waals surface area contributed by atoms with Crippen LogP contribution >= 0.6 is 23.2 Å². The molecule has 2 heterocycles. The van der Waals surface area contributed by atoms with E-state index in [1.165, 1.54) is 0 Å². The van der Waals surface area contributed by atoms with E-state index in [-0.39, 0.29) is 23.9 Å². The topological polar surface area (TPSA) is 70.5 Å². The van der Waals surface area contributed by atoms with Crippen molar-refractivity contribution in [1.82, 2.24) is 19.4 Å². The fourth-order valence-electron chi connectivity index (χ4n) is 3.68. The highest BCUT2D eigenvalue weighted by Crippen LogP contribution is 2.28. The molecule has 0 radical (unpaired) electrons. The Morgan fingerprint density at radius 2 is 2.09 bits per heavy atom. The summed E-state index contributed by atoms with van der Waals surface area (Å²) < 4.78 is 1.93. The Bertz CT molecular complexity index is 1020. The van der Waals surface area contributed by atoms with Crippen molar-refractivity contribution in [2.75, 3.05) is 25.5 Å². The average Bonchev–Trinajstić information content (AvgIpc) is 3.22. The second-order valence-corrected chi connectivity index (χ2v) is 8.81. The Kier molecular flexibility index (Phi) is 7.98. The number of nitrogens with one attached hydrogen (secondary N) is 1. The Balaban J connectivity index is 1.77. The van der Waals surface area contributed by atoms with Crippen LogP contribution in [0, 0.1) is 0 Å². The van der Waals surface area contributed by atoms with Crippen LogP contribution in [-0.4, -0.2) is 57.3 Å². The number of fused-ring (bicyclic) bond motifs is 1. The second-order valence-electron chi connectivity index (χ2n) is 7.96. The van der Waals surface area contributed by atoms with Gasteiger partial charge < -0.3 is 19.7 Å². The number of carbonyl (C=O) groups is 2. The molecule has 3 rings (SSSR count). The van der Waals surface area contributed by atoms with Crippen molar-refractivity contribution in [1.29, 1.82) is 0 Å². The normalized spacial score (nSPS) is 17.0. The van der Waals surface area contributed by atoms with Gasteiger partial charge in [0.15, 0.2) is 0 Å². The third-order valence-electron chi connectivity index (χ3n) is 5.91. The fraction of sp³-hybridized carbons (Fsp3) is 0.435. The van der Waals surface area contributed by atoms with Crippen LogP contribution in [0.25, 0.3) is 0 Å². The summed E-state index contributed by atoms with van der Waals surface area (Å²) in [5.74, 6) is 0.339. The molecule has 172 valence electrons. The maximum atomic E-state index is 13.0. The maximum absolute atomic E-state index is 13.0. The number of hydrogen-bond donors (Lipinski definition) is 1. The highest BCUT2D eigenvalue weighted by molar-refractivity contribution is 6.36. The van der Waals surface area contributed by atoms with Crippen LogP contribution in [-0.2, 0) is 11.3 Å². The molecule has 0 aliphatic carbocycles. The first-order chi connectivity index (χ1) is 15.2. The average molecular weight is 478 g/mol. The van der Waals surface area contributed by atoms with Gasteiger partial charge in [-0.1, -0.05) is 43.1 Å². The standard InChI is InChI=1S/C23H29Cl2N5O2/c1-5-17-13-29(22(31)10-7-15(3)28(4)6-2)14-21-26-12-20(30(17)21)23(32)27-19-9-8-16(24)11-18(19)25/h7-12,15,17H,5-6,13-14H2,1-4H3,(H,27,32)/b10-7+/t15-,17-/m0/s1. The largest absolute Gasteiger partial charge is 0.330 e. The number of carbonyl (C=O) groups excluding carboxylic acids is 2. The molecule has 0 fully saturated rings. The number of rotatable bonds is 7. The second kappa shape index (κ2) is 10.5. The lowest BCUT2D eigenvalue weighted by molar-refractivity contribution is -0.128. The maximum Gasteiger partial charge on any atom is 0.273 e. The molecular formula is C23H29Cl2N5O2. The predicted octanol–water partition coefficient (Wildman–Crippen LogP) is 4.63. The Morgan fingerprint density at radius 3 is 2.75 bits per heavy atom. The van der Waals surface area contributed by atoms with Gasteiger partial charge in [0.1, 0.15) is 11.5 Å². The molecule has 2 amide bonds. The summed E-state index contributed by atoms with van der Waals surface area (Å²) in [5, 5.41) is 3.69. The quantitative estimate of drug-likeness (QED) is 0.589. The molecule has 0 saturated heterocycles. The molecule has 0 spiro atoms. The molecule has 0 bridgehead atoms. The van der Waals surface area contributed by atoms with Crippen molar-refractivity contribution in [2.45, 2.75) is 45.8 Å². The van der Waals surface area contributed by atoms with E-state index in [1.807, 2.05) is 24.6 Å². The summed E-state index contributed by atoms with van der Waals surface area (Å²) in [7, 11) is 2.02. The minimum atomic E-state index is -0.303. The van der Waals surface area contributed by atoms with Gasteiger partial charge in [-0.25, -0.2) is 4.98 Å². The smallest absolute Gasteiger partial charge is 0.273 e. The zero-order valence-electron chi connectivity index (χ0n) is 18.8. The van der Waals surface area contributed by atoms with Gasteiger partial charge in [0.2, 0.25) is 5.91 Å². The Hall–Kier alpha value is -2.35. The van der Waals surface area contributed by atoms with Crippen LogP contribution in [0.15, 0.2) is 36.5 Å². The molecule has 1 aliphatic rings. The van der Waals surface area contributed by atoms with Crippen molar-refractivity contribution in [3.8, 4) is 0 Å². The molecule has 1 aromatic heterocycles. The van der Waals surface area contributed by atoms with E-state index in [4.69, 9.17) is 23.2 Å². The van der Waals surface area contributed by atoms with Gasteiger partial charge >= 0.3 is 0 Å². The van der Waals surface area contributed by atoms with Gasteiger partial charge in [-0.2, -0.15) is 0 Å². The SMILES string of the molecule is CC[C@H]1CN(C(=O)/C=C/[C@H](C)N(C)CC)Cc2ncc(C(=O)Nc3ccc(Cl)cc3Cl)n21. The highest BCUT2D eigenvalue weighted by atomic mass is 35.5. The molecular weight excluding hydrogens is 449 g/mol. The molecule has 0 unspecified atom stereocenters. The van der Waals surface area contributed by atoms with Gasteiger partial charge in [-0.05, 0) is 45.1 Å². The van der Waals surface area contributed by atoms with Gasteiger partial charge in [0.05, 0.1) is 29.5 Å². The molecule has 2 atom stereocenters. The first kappa shape index (κ1) is 24.3. The number of hydrogen-bond acceptors (Lipinski definition) is 4. The molecule has 0 saturated carbocycles. The van der Waals surface area contributed by atoms with Gasteiger partial charge in [0, 0.05) is 23.7 Å². The number of imidazole rings is 1. The summed E-state index contributed by atoms with van der Waals surface area (Å²) in [4.78, 5) is 34.2. The molecule has 2 aromatic rings. The number of amides is 2. The van der Waals surface area contributed by atoms with Gasteiger partial charge in [-0.15, -0.1) is 0 Å². The van der Waals surface area contributed by atoms with Crippen molar-refractivity contribution < 1.29 is 9.59 Å². The van der Waals surface area contributed by atoms with E-state index < -0.39 is 0 Å². The predicted molar refractivity (Wildman–Crippen MR) is 128 cm³/mol. The number of nitrogens with zero attached hydrogens (tertiary/aromatic N) is 4. The summed E-state index contributed by atoms with van der Waals surface area (Å²) >= 11 is 12.1. The lowest BCUT2D eigenvalue weighted by Crippen LogP contribution is -2.41. The molecule has 32 heavy (non-hydrogen) atoms. The molecule has 1 aliphatic heterocycles. The number of halogens is 2. The minimum absolute atomic E-state index is 0.0456. The number of aromatic nitrogens is 2. The Labute approximate surface area is 199 Å². The molecule has 1 aromatic carbocycles. The highest BCUT2D eigenvalue weighted by Gasteiger charge is 2.31. The van der Waals surface area contributed by atoms with Crippen molar-refractivity contribution in [2.24, 2.45) is 0 Å². The summed E-state index contributed by atoms with van der Waals surface area (Å²) in [6.45, 7) is 7.95. The fourth-order valence-corrected chi connectivity index (χ4v) is 4.14. The minimum Gasteiger partial charge on any atom is -0.330 e. The first-order valence-electron chi connectivity index (χ1n) is 10.7. The van der Waals surface area contributed by atoms with E-state index in [0.717, 1.165) is 13.0 Å². The number of benzene rings is 1. The van der Waals surface area contributed by atoms with Crippen LogP contribution in [0.4, 0.5) is 5.69 Å². The third-order valence-corrected chi connectivity index (χ3v) is 6.46. The van der Waals surface area contributed by atoms with E-state index in [9.17, 15) is 9.59 Å². The summed E-state index contributed by atoms with van der Waals surface area (Å²) in [6.07, 6.45) is 5.87. The van der Waals surface area contributed by atoms with Crippen molar-refractivity contribution >= 4 is 40.7 Å². The van der Waals surface area contributed by atoms with Gasteiger partial charge in [0.25, 0.3) is 5.91 Å². The lowest BCUT2D eigenvalue weighted by Gasteiger charge is -2.34. The molecule has 9 heteroatoms. The first-order valence-corrected chi connectivity index (χ1v) is 11.5. The van der Waals surface area contributed by atoms with E-state index >= 15 is 0 Å². The van der Waals surface area contributed by atoms with Crippen LogP contribution in [0.3, 0.4) is 0 Å². The van der Waals surface area contributed by atoms with Crippen LogP contribution in [0.5, 0.6) is 0 Å². The third kappa shape index (κ3) is 5.34. The Morgan fingerprint density at radius 1 is 1.34 bits per heavy atom. The van der Waals surface area contributed by atoms with Crippen LogP contribution in [0.2, 0.25) is 10.0 Å². The van der Waals surface area contributed by atoms with Gasteiger partial charge in [-0.3, -0.25) is 9.59 Å².